The summed E-state index contributed by atoms with van der Waals surface area (Å²) in [6, 6.07) is 11.0. The highest BCUT2D eigenvalue weighted by Gasteiger charge is 2.05. The minimum atomic E-state index is -0.343. The molecule has 0 saturated heterocycles. The molecule has 2 rings (SSSR count). The molecule has 0 radical (unpaired) electrons. The van der Waals surface area contributed by atoms with Crippen molar-refractivity contribution in [3.8, 4) is 0 Å². The number of pyridine rings is 1. The molecule has 92 valence electrons. The largest absolute Gasteiger partial charge is 0.465 e. The number of esters is 1. The maximum absolute atomic E-state index is 11.4. The Kier molecular flexibility index (Phi) is 3.57. The molecule has 0 bridgehead atoms. The van der Waals surface area contributed by atoms with Crippen LogP contribution in [0.4, 0.5) is 11.4 Å². The lowest BCUT2D eigenvalue weighted by atomic mass is 10.2. The lowest BCUT2D eigenvalue weighted by Gasteiger charge is -2.08. The zero-order chi connectivity index (χ0) is 13.0. The number of hydrogen-bond donors (Lipinski definition) is 1. The number of benzene rings is 1. The fourth-order valence-corrected chi connectivity index (χ4v) is 1.63. The zero-order valence-electron chi connectivity index (χ0n) is 10.3. The topological polar surface area (TPSA) is 51.2 Å². The summed E-state index contributed by atoms with van der Waals surface area (Å²) in [7, 11) is 1.37. The zero-order valence-corrected chi connectivity index (χ0v) is 10.3. The van der Waals surface area contributed by atoms with Crippen LogP contribution in [-0.2, 0) is 4.74 Å². The van der Waals surface area contributed by atoms with E-state index in [9.17, 15) is 4.79 Å². The Bertz CT molecular complexity index is 567. The summed E-state index contributed by atoms with van der Waals surface area (Å²) in [6.45, 7) is 1.93. The van der Waals surface area contributed by atoms with Crippen LogP contribution in [0.2, 0.25) is 0 Å². The molecular weight excluding hydrogens is 228 g/mol. The fraction of sp³-hybridized carbons (Fsp3) is 0.143. The first-order valence-corrected chi connectivity index (χ1v) is 5.57. The molecule has 0 fully saturated rings. The first kappa shape index (κ1) is 12.1. The van der Waals surface area contributed by atoms with E-state index in [1.807, 2.05) is 31.2 Å². The van der Waals surface area contributed by atoms with E-state index in [0.717, 1.165) is 17.1 Å². The standard InChI is InChI=1S/C14H14N2O2/c1-10-8-13(6-7-15-10)16-12-5-3-4-11(9-12)14(17)18-2/h3-9H,1-2H3,(H,15,16). The van der Waals surface area contributed by atoms with Gasteiger partial charge in [-0.25, -0.2) is 4.79 Å². The Morgan fingerprint density at radius 2 is 2.00 bits per heavy atom. The molecule has 1 aromatic heterocycles. The third-order valence-corrected chi connectivity index (χ3v) is 2.47. The molecule has 0 amide bonds. The Balaban J connectivity index is 2.22. The van der Waals surface area contributed by atoms with Crippen LogP contribution in [0.15, 0.2) is 42.6 Å². The Morgan fingerprint density at radius 3 is 2.72 bits per heavy atom. The second-order valence-electron chi connectivity index (χ2n) is 3.88. The van der Waals surface area contributed by atoms with E-state index in [2.05, 4.69) is 15.0 Å². The minimum absolute atomic E-state index is 0.343. The number of nitrogens with zero attached hydrogens (tertiary/aromatic N) is 1. The minimum Gasteiger partial charge on any atom is -0.465 e. The second kappa shape index (κ2) is 5.31. The average molecular weight is 242 g/mol. The van der Waals surface area contributed by atoms with Crippen LogP contribution < -0.4 is 5.32 Å². The number of ether oxygens (including phenoxy) is 1. The van der Waals surface area contributed by atoms with Gasteiger partial charge in [-0.3, -0.25) is 4.98 Å². The molecule has 0 saturated carbocycles. The number of methoxy groups -OCH3 is 1. The van der Waals surface area contributed by atoms with Crippen molar-refractivity contribution in [1.29, 1.82) is 0 Å². The lowest BCUT2D eigenvalue weighted by molar-refractivity contribution is 0.0601. The Labute approximate surface area is 106 Å². The van der Waals surface area contributed by atoms with Crippen LogP contribution in [-0.4, -0.2) is 18.1 Å². The first-order chi connectivity index (χ1) is 8.69. The van der Waals surface area contributed by atoms with Gasteiger partial charge < -0.3 is 10.1 Å². The van der Waals surface area contributed by atoms with Crippen LogP contribution in [0.1, 0.15) is 16.1 Å². The summed E-state index contributed by atoms with van der Waals surface area (Å²) in [5.41, 5.74) is 3.23. The highest BCUT2D eigenvalue weighted by molar-refractivity contribution is 5.90. The van der Waals surface area contributed by atoms with Crippen molar-refractivity contribution in [2.24, 2.45) is 0 Å². The molecule has 1 heterocycles. The van der Waals surface area contributed by atoms with Crippen LogP contribution in [0.5, 0.6) is 0 Å². The number of hydrogen-bond acceptors (Lipinski definition) is 4. The molecule has 18 heavy (non-hydrogen) atoms. The maximum atomic E-state index is 11.4. The van der Waals surface area contributed by atoms with E-state index < -0.39 is 0 Å². The van der Waals surface area contributed by atoms with Gasteiger partial charge in [-0.05, 0) is 37.3 Å². The number of nitrogens with one attached hydrogen (secondary N) is 1. The van der Waals surface area contributed by atoms with Gasteiger partial charge in [0.1, 0.15) is 0 Å². The van der Waals surface area contributed by atoms with Crippen LogP contribution in [0.25, 0.3) is 0 Å². The second-order valence-corrected chi connectivity index (χ2v) is 3.88. The van der Waals surface area contributed by atoms with Crippen molar-refractivity contribution in [3.63, 3.8) is 0 Å². The third kappa shape index (κ3) is 2.85. The summed E-state index contributed by atoms with van der Waals surface area (Å²) in [6.07, 6.45) is 1.74. The van der Waals surface area contributed by atoms with Crippen LogP contribution in [0.3, 0.4) is 0 Å². The fourth-order valence-electron chi connectivity index (χ4n) is 1.63. The molecule has 4 heteroatoms. The summed E-state index contributed by atoms with van der Waals surface area (Å²) in [5.74, 6) is -0.343. The van der Waals surface area contributed by atoms with Gasteiger partial charge in [-0.1, -0.05) is 6.07 Å². The van der Waals surface area contributed by atoms with Crippen molar-refractivity contribution < 1.29 is 9.53 Å². The molecule has 0 spiro atoms. The smallest absolute Gasteiger partial charge is 0.337 e. The van der Waals surface area contributed by atoms with E-state index in [1.165, 1.54) is 7.11 Å². The van der Waals surface area contributed by atoms with E-state index in [1.54, 1.807) is 18.3 Å². The molecule has 0 atom stereocenters. The monoisotopic (exact) mass is 242 g/mol. The summed E-state index contributed by atoms with van der Waals surface area (Å²) in [4.78, 5) is 15.5. The Morgan fingerprint density at radius 1 is 1.22 bits per heavy atom. The van der Waals surface area contributed by atoms with Crippen molar-refractivity contribution in [1.82, 2.24) is 4.98 Å². The quantitative estimate of drug-likeness (QED) is 0.841. The SMILES string of the molecule is COC(=O)c1cccc(Nc2ccnc(C)c2)c1. The number of anilines is 2. The van der Waals surface area contributed by atoms with E-state index >= 15 is 0 Å². The number of aromatic nitrogens is 1. The number of rotatable bonds is 3. The predicted octanol–water partition coefficient (Wildman–Crippen LogP) is 2.92. The van der Waals surface area contributed by atoms with Gasteiger partial charge in [0, 0.05) is 23.3 Å². The third-order valence-electron chi connectivity index (χ3n) is 2.47. The number of carbonyl (C=O) groups excluding carboxylic acids is 1. The summed E-state index contributed by atoms with van der Waals surface area (Å²) >= 11 is 0. The van der Waals surface area contributed by atoms with Crippen molar-refractivity contribution in [2.45, 2.75) is 6.92 Å². The predicted molar refractivity (Wildman–Crippen MR) is 70.0 cm³/mol. The van der Waals surface area contributed by atoms with Gasteiger partial charge in [-0.15, -0.1) is 0 Å². The van der Waals surface area contributed by atoms with Crippen molar-refractivity contribution in [3.05, 3.63) is 53.9 Å². The van der Waals surface area contributed by atoms with Gasteiger partial charge in [-0.2, -0.15) is 0 Å². The molecule has 0 aliphatic carbocycles. The first-order valence-electron chi connectivity index (χ1n) is 5.57. The maximum Gasteiger partial charge on any atom is 0.337 e. The van der Waals surface area contributed by atoms with Gasteiger partial charge in [0.15, 0.2) is 0 Å². The molecule has 2 aromatic rings. The average Bonchev–Trinajstić information content (AvgIpc) is 2.38. The van der Waals surface area contributed by atoms with Gasteiger partial charge in [0.05, 0.1) is 12.7 Å². The normalized spacial score (nSPS) is 9.89. The molecule has 4 nitrogen and oxygen atoms in total. The van der Waals surface area contributed by atoms with Gasteiger partial charge >= 0.3 is 5.97 Å². The Hall–Kier alpha value is -2.36. The van der Waals surface area contributed by atoms with Crippen LogP contribution >= 0.6 is 0 Å². The molecule has 1 N–H and O–H groups in total. The van der Waals surface area contributed by atoms with Crippen molar-refractivity contribution in [2.75, 3.05) is 12.4 Å². The highest BCUT2D eigenvalue weighted by Crippen LogP contribution is 2.18. The number of carbonyl (C=O) groups is 1. The molecule has 1 aromatic carbocycles. The highest BCUT2D eigenvalue weighted by atomic mass is 16.5. The molecule has 0 unspecified atom stereocenters. The number of aryl methyl sites for hydroxylation is 1. The van der Waals surface area contributed by atoms with Crippen LogP contribution in [0, 0.1) is 6.92 Å². The van der Waals surface area contributed by atoms with E-state index in [4.69, 9.17) is 0 Å². The lowest BCUT2D eigenvalue weighted by Crippen LogP contribution is -2.01. The van der Waals surface area contributed by atoms with Gasteiger partial charge in [0.25, 0.3) is 0 Å². The van der Waals surface area contributed by atoms with E-state index in [-0.39, 0.29) is 5.97 Å². The molecular formula is C14H14N2O2. The van der Waals surface area contributed by atoms with E-state index in [0.29, 0.717) is 5.56 Å². The summed E-state index contributed by atoms with van der Waals surface area (Å²) < 4.78 is 4.68. The van der Waals surface area contributed by atoms with Gasteiger partial charge in [0.2, 0.25) is 0 Å². The summed E-state index contributed by atoms with van der Waals surface area (Å²) in [5, 5.41) is 3.22. The molecule has 0 aliphatic rings. The van der Waals surface area contributed by atoms with Crippen molar-refractivity contribution >= 4 is 17.3 Å². The molecule has 0 aliphatic heterocycles.